The predicted molar refractivity (Wildman–Crippen MR) is 90.5 cm³/mol. The number of halogens is 2. The van der Waals surface area contributed by atoms with Gasteiger partial charge in [-0.3, -0.25) is 0 Å². The highest BCUT2D eigenvalue weighted by Gasteiger charge is 2.08. The first-order chi connectivity index (χ1) is 12.0. The summed E-state index contributed by atoms with van der Waals surface area (Å²) in [6, 6.07) is 9.09. The normalized spacial score (nSPS) is 10.4. The van der Waals surface area contributed by atoms with E-state index in [0.29, 0.717) is 17.3 Å². The van der Waals surface area contributed by atoms with Crippen LogP contribution in [0.25, 0.3) is 0 Å². The van der Waals surface area contributed by atoms with E-state index in [1.165, 1.54) is 12.3 Å². The van der Waals surface area contributed by atoms with Crippen molar-refractivity contribution in [1.82, 2.24) is 15.2 Å². The van der Waals surface area contributed by atoms with Crippen LogP contribution in [0.2, 0.25) is 0 Å². The van der Waals surface area contributed by atoms with Crippen LogP contribution in [0.15, 0.2) is 42.6 Å². The molecule has 0 atom stereocenters. The van der Waals surface area contributed by atoms with Gasteiger partial charge in [-0.05, 0) is 36.8 Å². The molecule has 8 heteroatoms. The summed E-state index contributed by atoms with van der Waals surface area (Å²) in [5.41, 5.74) is 2.08. The van der Waals surface area contributed by atoms with E-state index >= 15 is 0 Å². The molecule has 2 aromatic carbocycles. The Hall–Kier alpha value is -3.29. The third-order valence-electron chi connectivity index (χ3n) is 3.35. The van der Waals surface area contributed by atoms with Crippen molar-refractivity contribution in [2.24, 2.45) is 0 Å². The molecule has 0 saturated heterocycles. The summed E-state index contributed by atoms with van der Waals surface area (Å²) in [4.78, 5) is 4.25. The fourth-order valence-electron chi connectivity index (χ4n) is 2.18. The standard InChI is InChI=1S/C17H15F2N5O/c1-10-3-6-15(25-2)14(7-10)22-16-9-20-24-17(23-16)21-11-4-5-12(18)13(19)8-11/h3-9H,1-2H3,(H2,21,22,23,24). The molecule has 0 amide bonds. The van der Waals surface area contributed by atoms with Gasteiger partial charge in [-0.15, -0.1) is 5.10 Å². The number of hydrogen-bond acceptors (Lipinski definition) is 6. The second-order valence-corrected chi connectivity index (χ2v) is 5.25. The third kappa shape index (κ3) is 3.97. The van der Waals surface area contributed by atoms with Gasteiger partial charge in [-0.2, -0.15) is 10.1 Å². The highest BCUT2D eigenvalue weighted by atomic mass is 19.2. The molecule has 2 N–H and O–H groups in total. The Morgan fingerprint density at radius 2 is 1.84 bits per heavy atom. The fraction of sp³-hybridized carbons (Fsp3) is 0.118. The molecule has 0 spiro atoms. The molecule has 1 aromatic heterocycles. The van der Waals surface area contributed by atoms with Gasteiger partial charge in [0.1, 0.15) is 5.75 Å². The Kier molecular flexibility index (Phi) is 4.69. The molecule has 6 nitrogen and oxygen atoms in total. The van der Waals surface area contributed by atoms with Gasteiger partial charge in [0, 0.05) is 11.8 Å². The first-order valence-corrected chi connectivity index (χ1v) is 7.38. The van der Waals surface area contributed by atoms with Gasteiger partial charge >= 0.3 is 0 Å². The van der Waals surface area contributed by atoms with Gasteiger partial charge in [0.05, 0.1) is 19.0 Å². The van der Waals surface area contributed by atoms with E-state index in [0.717, 1.165) is 23.4 Å². The summed E-state index contributed by atoms with van der Waals surface area (Å²) in [5.74, 6) is -0.672. The van der Waals surface area contributed by atoms with Crippen LogP contribution in [0, 0.1) is 18.6 Å². The van der Waals surface area contributed by atoms with Crippen LogP contribution in [0.3, 0.4) is 0 Å². The number of methoxy groups -OCH3 is 1. The van der Waals surface area contributed by atoms with E-state index in [2.05, 4.69) is 25.8 Å². The third-order valence-corrected chi connectivity index (χ3v) is 3.35. The van der Waals surface area contributed by atoms with E-state index < -0.39 is 11.6 Å². The first-order valence-electron chi connectivity index (χ1n) is 7.38. The van der Waals surface area contributed by atoms with E-state index in [1.807, 2.05) is 25.1 Å². The average molecular weight is 343 g/mol. The van der Waals surface area contributed by atoms with Crippen LogP contribution in [-0.2, 0) is 0 Å². The monoisotopic (exact) mass is 343 g/mol. The zero-order valence-corrected chi connectivity index (χ0v) is 13.5. The Bertz CT molecular complexity index is 904. The summed E-state index contributed by atoms with van der Waals surface area (Å²) < 4.78 is 31.6. The molecule has 3 aromatic rings. The average Bonchev–Trinajstić information content (AvgIpc) is 2.59. The number of nitrogens with one attached hydrogen (secondary N) is 2. The van der Waals surface area contributed by atoms with Gasteiger partial charge in [-0.1, -0.05) is 6.07 Å². The molecule has 128 valence electrons. The molecule has 0 aliphatic carbocycles. The number of hydrogen-bond donors (Lipinski definition) is 2. The van der Waals surface area contributed by atoms with Gasteiger partial charge in [-0.25, -0.2) is 8.78 Å². The van der Waals surface area contributed by atoms with Gasteiger partial charge in [0.25, 0.3) is 0 Å². The van der Waals surface area contributed by atoms with Crippen molar-refractivity contribution in [3.8, 4) is 5.75 Å². The first kappa shape index (κ1) is 16.6. The Morgan fingerprint density at radius 1 is 1.00 bits per heavy atom. The van der Waals surface area contributed by atoms with Crippen molar-refractivity contribution in [3.05, 3.63) is 59.8 Å². The molecule has 0 aliphatic heterocycles. The Morgan fingerprint density at radius 3 is 2.60 bits per heavy atom. The van der Waals surface area contributed by atoms with Crippen molar-refractivity contribution in [3.63, 3.8) is 0 Å². The maximum atomic E-state index is 13.3. The Labute approximate surface area is 142 Å². The van der Waals surface area contributed by atoms with Gasteiger partial charge in [0.15, 0.2) is 17.5 Å². The molecule has 0 aliphatic rings. The maximum Gasteiger partial charge on any atom is 0.249 e. The summed E-state index contributed by atoms with van der Waals surface area (Å²) in [6.45, 7) is 1.96. The lowest BCUT2D eigenvalue weighted by Gasteiger charge is -2.12. The zero-order valence-electron chi connectivity index (χ0n) is 13.5. The minimum atomic E-state index is -0.961. The topological polar surface area (TPSA) is 72.0 Å². The molecular weight excluding hydrogens is 328 g/mol. The quantitative estimate of drug-likeness (QED) is 0.731. The molecular formula is C17H15F2N5O. The second-order valence-electron chi connectivity index (χ2n) is 5.25. The highest BCUT2D eigenvalue weighted by Crippen LogP contribution is 2.28. The van der Waals surface area contributed by atoms with Crippen LogP contribution in [0.4, 0.5) is 31.9 Å². The number of rotatable bonds is 5. The molecule has 3 rings (SSSR count). The smallest absolute Gasteiger partial charge is 0.249 e. The molecule has 0 fully saturated rings. The van der Waals surface area contributed by atoms with Crippen LogP contribution < -0.4 is 15.4 Å². The van der Waals surface area contributed by atoms with E-state index in [1.54, 1.807) is 7.11 Å². The summed E-state index contributed by atoms with van der Waals surface area (Å²) >= 11 is 0. The Balaban J connectivity index is 1.82. The molecule has 0 unspecified atom stereocenters. The van der Waals surface area contributed by atoms with Crippen molar-refractivity contribution in [2.45, 2.75) is 6.92 Å². The fourth-order valence-corrected chi connectivity index (χ4v) is 2.18. The molecule has 1 heterocycles. The second kappa shape index (κ2) is 7.08. The van der Waals surface area contributed by atoms with Gasteiger partial charge < -0.3 is 15.4 Å². The minimum absolute atomic E-state index is 0.141. The number of ether oxygens (including phenoxy) is 1. The molecule has 0 saturated carbocycles. The number of anilines is 4. The summed E-state index contributed by atoms with van der Waals surface area (Å²) in [5, 5.41) is 13.6. The maximum absolute atomic E-state index is 13.3. The summed E-state index contributed by atoms with van der Waals surface area (Å²) in [6.07, 6.45) is 1.44. The largest absolute Gasteiger partial charge is 0.495 e. The summed E-state index contributed by atoms with van der Waals surface area (Å²) in [7, 11) is 1.57. The predicted octanol–water partition coefficient (Wildman–Crippen LogP) is 3.95. The lowest BCUT2D eigenvalue weighted by Crippen LogP contribution is -2.03. The zero-order chi connectivity index (χ0) is 17.8. The number of benzene rings is 2. The van der Waals surface area contributed by atoms with Crippen molar-refractivity contribution in [1.29, 1.82) is 0 Å². The van der Waals surface area contributed by atoms with Crippen LogP contribution in [0.1, 0.15) is 5.56 Å². The van der Waals surface area contributed by atoms with Crippen molar-refractivity contribution < 1.29 is 13.5 Å². The highest BCUT2D eigenvalue weighted by molar-refractivity contribution is 5.65. The molecule has 25 heavy (non-hydrogen) atoms. The van der Waals surface area contributed by atoms with Gasteiger partial charge in [0.2, 0.25) is 5.95 Å². The van der Waals surface area contributed by atoms with E-state index in [4.69, 9.17) is 4.74 Å². The number of aryl methyl sites for hydroxylation is 1. The molecule has 0 radical (unpaired) electrons. The lowest BCUT2D eigenvalue weighted by molar-refractivity contribution is 0.416. The number of aromatic nitrogens is 3. The SMILES string of the molecule is COc1ccc(C)cc1Nc1cnnc(Nc2ccc(F)c(F)c2)n1. The van der Waals surface area contributed by atoms with Crippen molar-refractivity contribution in [2.75, 3.05) is 17.7 Å². The minimum Gasteiger partial charge on any atom is -0.495 e. The van der Waals surface area contributed by atoms with E-state index in [9.17, 15) is 8.78 Å². The lowest BCUT2D eigenvalue weighted by atomic mass is 10.2. The van der Waals surface area contributed by atoms with Crippen LogP contribution in [0.5, 0.6) is 5.75 Å². The van der Waals surface area contributed by atoms with Crippen molar-refractivity contribution >= 4 is 23.1 Å². The molecule has 0 bridgehead atoms. The van der Waals surface area contributed by atoms with Crippen LogP contribution in [-0.4, -0.2) is 22.3 Å². The van der Waals surface area contributed by atoms with E-state index in [-0.39, 0.29) is 5.95 Å². The number of nitrogens with zero attached hydrogens (tertiary/aromatic N) is 3. The van der Waals surface area contributed by atoms with Crippen LogP contribution >= 0.6 is 0 Å².